The van der Waals surface area contributed by atoms with Crippen LogP contribution in [-0.4, -0.2) is 0 Å². The molecule has 0 aromatic rings. The summed E-state index contributed by atoms with van der Waals surface area (Å²) < 4.78 is 0. The van der Waals surface area contributed by atoms with Crippen LogP contribution in [0, 0.1) is 6.08 Å². The molecule has 0 saturated carbocycles. The van der Waals surface area contributed by atoms with E-state index in [2.05, 4.69) is 25.2 Å². The molecule has 0 atom stereocenters. The number of allylic oxidation sites excluding steroid dienone is 4. The molecular formula is C6H7F3Hf. The van der Waals surface area contributed by atoms with Crippen molar-refractivity contribution in [1.82, 2.24) is 0 Å². The molecule has 0 heterocycles. The van der Waals surface area contributed by atoms with E-state index >= 15 is 0 Å². The molecule has 10 heavy (non-hydrogen) atoms. The molecule has 0 radical (unpaired) electrons. The summed E-state index contributed by atoms with van der Waals surface area (Å²) in [6, 6.07) is 0. The molecule has 0 saturated heterocycles. The van der Waals surface area contributed by atoms with Gasteiger partial charge >= 0.3 is 25.8 Å². The summed E-state index contributed by atoms with van der Waals surface area (Å²) in [5, 5.41) is 0. The molecule has 0 fully saturated rings. The first-order valence-corrected chi connectivity index (χ1v) is 2.13. The van der Waals surface area contributed by atoms with Crippen LogP contribution in [0.1, 0.15) is 13.3 Å². The third-order valence-electron chi connectivity index (χ3n) is 0.867. The van der Waals surface area contributed by atoms with E-state index in [9.17, 15) is 0 Å². The van der Waals surface area contributed by atoms with Crippen molar-refractivity contribution in [1.29, 1.82) is 0 Å². The van der Waals surface area contributed by atoms with Crippen LogP contribution in [0.4, 0.5) is 0 Å². The van der Waals surface area contributed by atoms with Gasteiger partial charge in [0.15, 0.2) is 0 Å². The van der Waals surface area contributed by atoms with E-state index in [1.54, 1.807) is 0 Å². The summed E-state index contributed by atoms with van der Waals surface area (Å²) in [7, 11) is 0. The summed E-state index contributed by atoms with van der Waals surface area (Å²) in [4.78, 5) is 0. The molecule has 1 aliphatic carbocycles. The maximum atomic E-state index is 3.12. The molecule has 0 aromatic carbocycles. The number of halogens is 3. The number of rotatable bonds is 0. The topological polar surface area (TPSA) is 0 Å². The predicted molar refractivity (Wildman–Crippen MR) is 26.2 cm³/mol. The van der Waals surface area contributed by atoms with Gasteiger partial charge in [-0.15, -0.1) is 6.42 Å². The van der Waals surface area contributed by atoms with E-state index in [-0.39, 0.29) is 40.0 Å². The summed E-state index contributed by atoms with van der Waals surface area (Å²) in [6.45, 7) is 2.06. The van der Waals surface area contributed by atoms with Crippen LogP contribution >= 0.6 is 0 Å². The second-order valence-corrected chi connectivity index (χ2v) is 1.47. The normalized spacial score (nSPS) is 11.1. The van der Waals surface area contributed by atoms with E-state index < -0.39 is 0 Å². The Morgan fingerprint density at radius 3 is 1.90 bits per heavy atom. The standard InChI is InChI=1S/C6H7.3FH.Hf/c1-6-4-2-3-5-6;;;;/h2,4H,3H2,1H3;3*1H;/q-1;;;;+4/p-3. The smallest absolute Gasteiger partial charge is 1.00 e. The minimum Gasteiger partial charge on any atom is -1.00 e. The molecule has 0 nitrogen and oxygen atoms in total. The maximum Gasteiger partial charge on any atom is 4.00 e. The predicted octanol–water partition coefficient (Wildman–Crippen LogP) is -7.29. The fraction of sp³-hybridized carbons (Fsp3) is 0.333. The number of hydrogen-bond acceptors (Lipinski definition) is 0. The molecule has 0 unspecified atom stereocenters. The Labute approximate surface area is 77.3 Å². The van der Waals surface area contributed by atoms with Crippen molar-refractivity contribution < 1.29 is 40.0 Å². The van der Waals surface area contributed by atoms with Crippen LogP contribution in [0.25, 0.3) is 0 Å². The van der Waals surface area contributed by atoms with Crippen molar-refractivity contribution in [2.45, 2.75) is 13.3 Å². The molecule has 4 heteroatoms. The average molecular weight is 315 g/mol. The molecule has 0 spiro atoms. The first-order chi connectivity index (χ1) is 2.89. The fourth-order valence-electron chi connectivity index (χ4n) is 0.515. The minimum atomic E-state index is 0. The van der Waals surface area contributed by atoms with Crippen molar-refractivity contribution in [2.24, 2.45) is 0 Å². The first-order valence-electron chi connectivity index (χ1n) is 2.13. The Balaban J connectivity index is -0.0000000450. The minimum absolute atomic E-state index is 0. The summed E-state index contributed by atoms with van der Waals surface area (Å²) in [5.41, 5.74) is 1.27. The van der Waals surface area contributed by atoms with Gasteiger partial charge in [0.05, 0.1) is 0 Å². The van der Waals surface area contributed by atoms with E-state index in [0.717, 1.165) is 6.42 Å². The Bertz CT molecular complexity index is 107. The quantitative estimate of drug-likeness (QED) is 0.308. The van der Waals surface area contributed by atoms with E-state index in [4.69, 9.17) is 0 Å². The van der Waals surface area contributed by atoms with Gasteiger partial charge in [0, 0.05) is 0 Å². The van der Waals surface area contributed by atoms with Crippen LogP contribution in [-0.2, 0) is 25.8 Å². The Kier molecular flexibility index (Phi) is 26.7. The van der Waals surface area contributed by atoms with Gasteiger partial charge < -0.3 is 14.1 Å². The molecule has 0 N–H and O–H groups in total. The van der Waals surface area contributed by atoms with Gasteiger partial charge in [-0.2, -0.15) is 6.08 Å². The molecular weight excluding hydrogens is 308 g/mol. The van der Waals surface area contributed by atoms with Gasteiger partial charge in [0.1, 0.15) is 0 Å². The zero-order chi connectivity index (χ0) is 4.41. The molecule has 0 aliphatic heterocycles. The Morgan fingerprint density at radius 2 is 1.80 bits per heavy atom. The zero-order valence-electron chi connectivity index (χ0n) is 5.50. The van der Waals surface area contributed by atoms with Crippen molar-refractivity contribution in [2.75, 3.05) is 0 Å². The van der Waals surface area contributed by atoms with Gasteiger partial charge in [0.25, 0.3) is 0 Å². The first kappa shape index (κ1) is 22.5. The van der Waals surface area contributed by atoms with Gasteiger partial charge in [-0.3, -0.25) is 6.08 Å². The second-order valence-electron chi connectivity index (χ2n) is 1.47. The van der Waals surface area contributed by atoms with E-state index in [0.29, 0.717) is 0 Å². The summed E-state index contributed by atoms with van der Waals surface area (Å²) in [5.74, 6) is 0. The van der Waals surface area contributed by atoms with Crippen molar-refractivity contribution in [3.63, 3.8) is 0 Å². The monoisotopic (exact) mass is 316 g/mol. The molecule has 1 aliphatic rings. The van der Waals surface area contributed by atoms with E-state index in [1.807, 2.05) is 0 Å². The van der Waals surface area contributed by atoms with Crippen LogP contribution < -0.4 is 14.1 Å². The number of hydrogen-bond donors (Lipinski definition) is 0. The van der Waals surface area contributed by atoms with E-state index in [1.165, 1.54) is 5.57 Å². The Hall–Kier alpha value is 0.140. The van der Waals surface area contributed by atoms with Crippen LogP contribution in [0.3, 0.4) is 0 Å². The molecule has 1 rings (SSSR count). The molecule has 0 bridgehead atoms. The molecule has 56 valence electrons. The van der Waals surface area contributed by atoms with Crippen LogP contribution in [0.15, 0.2) is 17.7 Å². The van der Waals surface area contributed by atoms with Crippen LogP contribution in [0.5, 0.6) is 0 Å². The van der Waals surface area contributed by atoms with Gasteiger partial charge in [0.2, 0.25) is 0 Å². The second kappa shape index (κ2) is 11.9. The molecule has 0 aromatic heterocycles. The maximum absolute atomic E-state index is 3.12. The largest absolute Gasteiger partial charge is 4.00 e. The summed E-state index contributed by atoms with van der Waals surface area (Å²) in [6.07, 6.45) is 8.33. The average Bonchev–Trinajstić information content (AvgIpc) is 1.86. The van der Waals surface area contributed by atoms with Crippen molar-refractivity contribution in [3.05, 3.63) is 23.8 Å². The van der Waals surface area contributed by atoms with Gasteiger partial charge in [-0.25, -0.2) is 11.6 Å². The third kappa shape index (κ3) is 8.14. The summed E-state index contributed by atoms with van der Waals surface area (Å²) >= 11 is 0. The zero-order valence-corrected chi connectivity index (χ0v) is 9.09. The van der Waals surface area contributed by atoms with Crippen molar-refractivity contribution in [3.8, 4) is 0 Å². The van der Waals surface area contributed by atoms with Crippen molar-refractivity contribution >= 4 is 0 Å². The Morgan fingerprint density at radius 1 is 1.30 bits per heavy atom. The third-order valence-corrected chi connectivity index (χ3v) is 0.867. The van der Waals surface area contributed by atoms with Gasteiger partial charge in [-0.05, 0) is 0 Å². The van der Waals surface area contributed by atoms with Crippen LogP contribution in [0.2, 0.25) is 0 Å². The fourth-order valence-corrected chi connectivity index (χ4v) is 0.515. The van der Waals surface area contributed by atoms with Gasteiger partial charge in [-0.1, -0.05) is 6.92 Å². The molecule has 0 amide bonds. The SMILES string of the molecule is CC1=[C-]CC=C1.[F-].[F-].[F-].[Hf+4].